The van der Waals surface area contributed by atoms with E-state index in [1.165, 1.54) is 17.1 Å². The number of benzene rings is 2. The van der Waals surface area contributed by atoms with Crippen LogP contribution in [0, 0.1) is 18.8 Å². The number of nitrogens with one attached hydrogen (secondary N) is 1. The number of aryl methyl sites for hydroxylation is 1. The minimum absolute atomic E-state index is 0.00566. The number of aromatic nitrogens is 5. The molecule has 1 spiro atoms. The highest BCUT2D eigenvalue weighted by atomic mass is 19.4. The van der Waals surface area contributed by atoms with Gasteiger partial charge >= 0.3 is 6.18 Å². The van der Waals surface area contributed by atoms with E-state index in [0.29, 0.717) is 29.2 Å². The monoisotopic (exact) mass is 519 g/mol. The Bertz CT molecular complexity index is 1550. The number of carbonyl (C=O) groups is 1. The number of carbonyl (C=O) groups excluding carboxylic acids is 1. The van der Waals surface area contributed by atoms with Crippen LogP contribution in [0.4, 0.5) is 18.9 Å². The molecule has 38 heavy (non-hydrogen) atoms. The van der Waals surface area contributed by atoms with Crippen LogP contribution in [0.25, 0.3) is 16.6 Å². The number of fused-ring (bicyclic) bond motifs is 3. The zero-order valence-corrected chi connectivity index (χ0v) is 20.5. The van der Waals surface area contributed by atoms with Crippen LogP contribution in [0.3, 0.4) is 0 Å². The number of hydrogen-bond donors (Lipinski definition) is 1. The Labute approximate surface area is 215 Å². The Balaban J connectivity index is 1.14. The molecule has 1 N–H and O–H groups in total. The molecule has 3 fully saturated rings. The molecule has 3 unspecified atom stereocenters. The van der Waals surface area contributed by atoms with Gasteiger partial charge in [0.15, 0.2) is 0 Å². The molecule has 4 aromatic rings. The quantitative estimate of drug-likeness (QED) is 0.404. The number of rotatable bonds is 4. The number of hydrogen-bond acceptors (Lipinski definition) is 6. The maximum absolute atomic E-state index is 13.7. The Morgan fingerprint density at radius 3 is 2.68 bits per heavy atom. The average molecular weight is 520 g/mol. The highest BCUT2D eigenvalue weighted by Crippen LogP contribution is 2.64. The second-order valence-corrected chi connectivity index (χ2v) is 10.6. The molecule has 7 rings (SSSR count). The molecule has 1 amide bonds. The van der Waals surface area contributed by atoms with Crippen molar-refractivity contribution in [2.45, 2.75) is 43.9 Å². The van der Waals surface area contributed by atoms with Gasteiger partial charge in [0.25, 0.3) is 5.91 Å². The highest BCUT2D eigenvalue weighted by Gasteiger charge is 2.72. The van der Waals surface area contributed by atoms with Crippen LogP contribution in [0.2, 0.25) is 0 Å². The predicted molar refractivity (Wildman–Crippen MR) is 133 cm³/mol. The van der Waals surface area contributed by atoms with Crippen LogP contribution in [0.5, 0.6) is 0 Å². The number of nitrogens with zero attached hydrogens (tertiary/aromatic N) is 6. The number of anilines is 1. The van der Waals surface area contributed by atoms with E-state index in [4.69, 9.17) is 0 Å². The standard InChI is InChI=1S/C27H24F3N7O/c1-15-4-9-20-19(11-15)21(12-22(32-20)27(28,29)30)36-13-26(36)10-2-3-18-23(26)24(18)33-25(38)16-5-7-17(8-6-16)37-14-31-34-35-37/h4-9,11-12,14,18,23-24H,2-3,10,13H2,1H3,(H,33,38)/t18?,23?,24?,26-,36?/m1/s1. The second-order valence-electron chi connectivity index (χ2n) is 10.6. The van der Waals surface area contributed by atoms with E-state index < -0.39 is 11.9 Å². The summed E-state index contributed by atoms with van der Waals surface area (Å²) in [5.41, 5.74) is 2.09. The number of amides is 1. The summed E-state index contributed by atoms with van der Waals surface area (Å²) in [5, 5.41) is 15.0. The second kappa shape index (κ2) is 7.99. The lowest BCUT2D eigenvalue weighted by Crippen LogP contribution is -2.32. The predicted octanol–water partition coefficient (Wildman–Crippen LogP) is 4.33. The van der Waals surface area contributed by atoms with E-state index in [2.05, 4.69) is 30.7 Å². The molecule has 8 nitrogen and oxygen atoms in total. The first kappa shape index (κ1) is 23.1. The normalized spacial score (nSPS) is 25.9. The number of tetrazole rings is 1. The van der Waals surface area contributed by atoms with Crippen LogP contribution in [-0.2, 0) is 6.18 Å². The van der Waals surface area contributed by atoms with Crippen molar-refractivity contribution in [3.63, 3.8) is 0 Å². The number of halogens is 3. The summed E-state index contributed by atoms with van der Waals surface area (Å²) in [6.07, 6.45) is -0.150. The summed E-state index contributed by atoms with van der Waals surface area (Å²) in [6.45, 7) is 2.61. The first-order chi connectivity index (χ1) is 18.2. The molecule has 4 atom stereocenters. The van der Waals surface area contributed by atoms with Crippen LogP contribution < -0.4 is 10.2 Å². The average Bonchev–Trinajstić information content (AvgIpc) is 3.70. The fourth-order valence-corrected chi connectivity index (χ4v) is 6.51. The van der Waals surface area contributed by atoms with Crippen molar-refractivity contribution < 1.29 is 18.0 Å². The lowest BCUT2D eigenvalue weighted by atomic mass is 9.88. The fraction of sp³-hybridized carbons (Fsp3) is 0.370. The van der Waals surface area contributed by atoms with Crippen molar-refractivity contribution >= 4 is 22.5 Å². The van der Waals surface area contributed by atoms with Crippen LogP contribution in [0.15, 0.2) is 54.9 Å². The maximum Gasteiger partial charge on any atom is 0.433 e. The van der Waals surface area contributed by atoms with E-state index >= 15 is 0 Å². The van der Waals surface area contributed by atoms with Crippen molar-refractivity contribution in [2.75, 3.05) is 11.4 Å². The van der Waals surface area contributed by atoms with E-state index in [1.54, 1.807) is 36.4 Å². The van der Waals surface area contributed by atoms with Crippen LogP contribution in [0.1, 0.15) is 40.9 Å². The molecule has 194 valence electrons. The van der Waals surface area contributed by atoms with Crippen LogP contribution in [-0.4, -0.2) is 49.2 Å². The van der Waals surface area contributed by atoms with E-state index in [-0.39, 0.29) is 23.4 Å². The maximum atomic E-state index is 13.7. The molecule has 2 saturated carbocycles. The molecule has 1 aliphatic heterocycles. The first-order valence-electron chi connectivity index (χ1n) is 12.7. The van der Waals surface area contributed by atoms with Gasteiger partial charge in [-0.15, -0.1) is 5.10 Å². The van der Waals surface area contributed by atoms with Crippen molar-refractivity contribution in [1.82, 2.24) is 30.5 Å². The summed E-state index contributed by atoms with van der Waals surface area (Å²) in [6, 6.07) is 13.6. The molecule has 3 aliphatic rings. The van der Waals surface area contributed by atoms with Crippen molar-refractivity contribution in [3.05, 3.63) is 71.7 Å². The summed E-state index contributed by atoms with van der Waals surface area (Å²) in [5.74, 6) is 0.387. The summed E-state index contributed by atoms with van der Waals surface area (Å²) < 4.78 is 42.6. The van der Waals surface area contributed by atoms with Gasteiger partial charge in [-0.05, 0) is 78.6 Å². The fourth-order valence-electron chi connectivity index (χ4n) is 6.51. The van der Waals surface area contributed by atoms with Gasteiger partial charge in [-0.25, -0.2) is 9.67 Å². The first-order valence-corrected chi connectivity index (χ1v) is 12.7. The molecule has 11 heteroatoms. The highest BCUT2D eigenvalue weighted by molar-refractivity contribution is 5.96. The molecule has 0 bridgehead atoms. The largest absolute Gasteiger partial charge is 0.433 e. The van der Waals surface area contributed by atoms with Gasteiger partial charge < -0.3 is 10.2 Å². The SMILES string of the molecule is Cc1ccc2nc(C(F)(F)F)cc(N3C[C@@]34CCCC3C(NC(=O)c5ccc(-n6cnnn6)cc5)C34)c2c1. The van der Waals surface area contributed by atoms with E-state index in [1.807, 2.05) is 13.0 Å². The Kier molecular flexibility index (Phi) is 4.86. The van der Waals surface area contributed by atoms with Crippen molar-refractivity contribution in [2.24, 2.45) is 11.8 Å². The molecular weight excluding hydrogens is 495 g/mol. The van der Waals surface area contributed by atoms with E-state index in [9.17, 15) is 18.0 Å². The Morgan fingerprint density at radius 1 is 1.13 bits per heavy atom. The van der Waals surface area contributed by atoms with Gasteiger partial charge in [0.05, 0.1) is 16.7 Å². The lowest BCUT2D eigenvalue weighted by molar-refractivity contribution is -0.140. The molecule has 3 heterocycles. The number of pyridine rings is 1. The molecule has 1 saturated heterocycles. The zero-order chi connectivity index (χ0) is 26.2. The zero-order valence-electron chi connectivity index (χ0n) is 20.5. The summed E-state index contributed by atoms with van der Waals surface area (Å²) >= 11 is 0. The van der Waals surface area contributed by atoms with Gasteiger partial charge in [0.1, 0.15) is 12.0 Å². The van der Waals surface area contributed by atoms with Gasteiger partial charge in [0, 0.05) is 35.1 Å². The Hall–Kier alpha value is -4.02. The minimum atomic E-state index is -4.53. The van der Waals surface area contributed by atoms with Gasteiger partial charge in [0.2, 0.25) is 0 Å². The van der Waals surface area contributed by atoms with Crippen molar-refractivity contribution in [3.8, 4) is 5.69 Å². The van der Waals surface area contributed by atoms with Crippen LogP contribution >= 0.6 is 0 Å². The molecule has 0 radical (unpaired) electrons. The molecule has 2 aliphatic carbocycles. The smallest absolute Gasteiger partial charge is 0.361 e. The van der Waals surface area contributed by atoms with Gasteiger partial charge in [-0.3, -0.25) is 4.79 Å². The third-order valence-corrected chi connectivity index (χ3v) is 8.37. The minimum Gasteiger partial charge on any atom is -0.361 e. The summed E-state index contributed by atoms with van der Waals surface area (Å²) in [4.78, 5) is 19.1. The molecule has 2 aromatic carbocycles. The lowest BCUT2D eigenvalue weighted by Gasteiger charge is -2.24. The van der Waals surface area contributed by atoms with Crippen molar-refractivity contribution in [1.29, 1.82) is 0 Å². The van der Waals surface area contributed by atoms with Gasteiger partial charge in [-0.2, -0.15) is 13.2 Å². The third kappa shape index (κ3) is 3.63. The van der Waals surface area contributed by atoms with Gasteiger partial charge in [-0.1, -0.05) is 18.1 Å². The topological polar surface area (TPSA) is 88.6 Å². The number of alkyl halides is 3. The summed E-state index contributed by atoms with van der Waals surface area (Å²) in [7, 11) is 0. The van der Waals surface area contributed by atoms with E-state index in [0.717, 1.165) is 35.9 Å². The third-order valence-electron chi connectivity index (χ3n) is 8.37. The molecular formula is C27H24F3N7O. The Morgan fingerprint density at radius 2 is 1.95 bits per heavy atom. The molecule has 2 aromatic heterocycles.